The molecule has 1 aromatic carbocycles. The van der Waals surface area contributed by atoms with Gasteiger partial charge >= 0.3 is 0 Å². The molecule has 0 fully saturated rings. The van der Waals surface area contributed by atoms with Crippen LogP contribution in [0.4, 0.5) is 0 Å². The molecule has 0 radical (unpaired) electrons. The van der Waals surface area contributed by atoms with Gasteiger partial charge in [0.1, 0.15) is 0 Å². The summed E-state index contributed by atoms with van der Waals surface area (Å²) in [6.45, 7) is 6.91. The van der Waals surface area contributed by atoms with E-state index in [0.29, 0.717) is 0 Å². The van der Waals surface area contributed by atoms with E-state index in [0.717, 1.165) is 0 Å². The van der Waals surface area contributed by atoms with Crippen molar-refractivity contribution in [3.05, 3.63) is 23.8 Å². The largest absolute Gasteiger partial charge is 0.126 e. The van der Waals surface area contributed by atoms with Crippen LogP contribution in [-0.4, -0.2) is 11.5 Å². The van der Waals surface area contributed by atoms with Crippen molar-refractivity contribution in [2.45, 2.75) is 120 Å². The Hall–Kier alpha value is -0.0800. The van der Waals surface area contributed by atoms with E-state index in [9.17, 15) is 0 Å². The highest BCUT2D eigenvalue weighted by Crippen LogP contribution is 2.33. The predicted octanol–water partition coefficient (Wildman–Crippen LogP) is 9.54. The summed E-state index contributed by atoms with van der Waals surface area (Å²) < 4.78 is 0. The quantitative estimate of drug-likeness (QED) is 0.175. The standard InChI is InChI=1S/C25H44S2/c1-4-7-9-11-13-15-21-26-24-19-17-20-25(23(24)18-6-3)27-22-16-14-12-10-8-5-2/h17,19-20H,4-16,18,21-22H2,1-3H3. The second-order valence-electron chi connectivity index (χ2n) is 7.72. The maximum atomic E-state index is 2.36. The molecule has 0 aliphatic carbocycles. The Morgan fingerprint density at radius 2 is 1.00 bits per heavy atom. The summed E-state index contributed by atoms with van der Waals surface area (Å²) in [5.41, 5.74) is 1.63. The average Bonchev–Trinajstić information content (AvgIpc) is 2.68. The summed E-state index contributed by atoms with van der Waals surface area (Å²) in [6.07, 6.45) is 19.2. The first kappa shape index (κ1) is 25.0. The third kappa shape index (κ3) is 12.2. The summed E-state index contributed by atoms with van der Waals surface area (Å²) >= 11 is 4.21. The molecule has 0 aliphatic heterocycles. The van der Waals surface area contributed by atoms with Crippen LogP contribution in [0.3, 0.4) is 0 Å². The maximum absolute atomic E-state index is 2.36. The third-order valence-corrected chi connectivity index (χ3v) is 7.47. The maximum Gasteiger partial charge on any atom is 0.0115 e. The molecule has 0 aromatic heterocycles. The lowest BCUT2D eigenvalue weighted by Crippen LogP contribution is -1.94. The van der Waals surface area contributed by atoms with E-state index in [4.69, 9.17) is 0 Å². The fourth-order valence-electron chi connectivity index (χ4n) is 3.44. The van der Waals surface area contributed by atoms with Crippen LogP contribution < -0.4 is 0 Å². The van der Waals surface area contributed by atoms with Crippen molar-refractivity contribution < 1.29 is 0 Å². The third-order valence-electron chi connectivity index (χ3n) is 5.10. The SMILES string of the molecule is CCCCCCCCSc1cccc(SCCCCCCCC)c1CCC. The zero-order valence-electron chi connectivity index (χ0n) is 18.4. The molecule has 27 heavy (non-hydrogen) atoms. The second kappa shape index (κ2) is 18.0. The van der Waals surface area contributed by atoms with Crippen molar-refractivity contribution >= 4 is 23.5 Å². The Kier molecular flexibility index (Phi) is 16.6. The van der Waals surface area contributed by atoms with Gasteiger partial charge in [-0.3, -0.25) is 0 Å². The summed E-state index contributed by atoms with van der Waals surface area (Å²) in [4.78, 5) is 3.11. The van der Waals surface area contributed by atoms with Crippen molar-refractivity contribution in [2.75, 3.05) is 11.5 Å². The molecule has 0 aliphatic rings. The number of thioether (sulfide) groups is 2. The Labute approximate surface area is 179 Å². The van der Waals surface area contributed by atoms with Crippen molar-refractivity contribution in [3.8, 4) is 0 Å². The van der Waals surface area contributed by atoms with Crippen LogP contribution in [0.5, 0.6) is 0 Å². The number of hydrogen-bond donors (Lipinski definition) is 0. The molecule has 0 N–H and O–H groups in total. The van der Waals surface area contributed by atoms with Crippen LogP contribution in [0.2, 0.25) is 0 Å². The highest BCUT2D eigenvalue weighted by molar-refractivity contribution is 8.00. The summed E-state index contributed by atoms with van der Waals surface area (Å²) in [5, 5.41) is 0. The topological polar surface area (TPSA) is 0 Å². The highest BCUT2D eigenvalue weighted by atomic mass is 32.2. The zero-order chi connectivity index (χ0) is 19.6. The van der Waals surface area contributed by atoms with Crippen LogP contribution >= 0.6 is 23.5 Å². The van der Waals surface area contributed by atoms with Crippen LogP contribution in [0.25, 0.3) is 0 Å². The van der Waals surface area contributed by atoms with Gasteiger partial charge in [0.2, 0.25) is 0 Å². The van der Waals surface area contributed by atoms with Gasteiger partial charge in [-0.25, -0.2) is 0 Å². The molecule has 0 saturated carbocycles. The van der Waals surface area contributed by atoms with Crippen LogP contribution in [0, 0.1) is 0 Å². The Morgan fingerprint density at radius 3 is 1.44 bits per heavy atom. The van der Waals surface area contributed by atoms with Crippen molar-refractivity contribution in [1.29, 1.82) is 0 Å². The molecule has 0 heterocycles. The molecule has 1 rings (SSSR count). The number of rotatable bonds is 18. The smallest absolute Gasteiger partial charge is 0.0115 e. The highest BCUT2D eigenvalue weighted by Gasteiger charge is 2.09. The Morgan fingerprint density at radius 1 is 0.556 bits per heavy atom. The summed E-state index contributed by atoms with van der Waals surface area (Å²) in [5.74, 6) is 2.57. The van der Waals surface area contributed by atoms with Gasteiger partial charge in [-0.15, -0.1) is 23.5 Å². The number of benzene rings is 1. The first-order chi connectivity index (χ1) is 13.3. The molecule has 2 heteroatoms. The summed E-state index contributed by atoms with van der Waals surface area (Å²) in [7, 11) is 0. The van der Waals surface area contributed by atoms with Crippen molar-refractivity contribution in [1.82, 2.24) is 0 Å². The minimum absolute atomic E-state index is 1.23. The average molecular weight is 409 g/mol. The van der Waals surface area contributed by atoms with Gasteiger partial charge in [0, 0.05) is 9.79 Å². The molecular weight excluding hydrogens is 364 g/mol. The van der Waals surface area contributed by atoms with E-state index in [1.807, 2.05) is 0 Å². The Bertz CT molecular complexity index is 419. The lowest BCUT2D eigenvalue weighted by Gasteiger charge is -2.14. The fraction of sp³-hybridized carbons (Fsp3) is 0.760. The molecule has 156 valence electrons. The molecular formula is C25H44S2. The predicted molar refractivity (Wildman–Crippen MR) is 129 cm³/mol. The van der Waals surface area contributed by atoms with E-state index in [-0.39, 0.29) is 0 Å². The van der Waals surface area contributed by atoms with Crippen LogP contribution in [0.1, 0.15) is 110 Å². The van der Waals surface area contributed by atoms with Gasteiger partial charge in [-0.2, -0.15) is 0 Å². The van der Waals surface area contributed by atoms with Gasteiger partial charge in [0.15, 0.2) is 0 Å². The van der Waals surface area contributed by atoms with E-state index < -0.39 is 0 Å². The molecule has 0 unspecified atom stereocenters. The molecule has 0 amide bonds. The van der Waals surface area contributed by atoms with E-state index in [1.54, 1.807) is 15.4 Å². The summed E-state index contributed by atoms with van der Waals surface area (Å²) in [6, 6.07) is 7.01. The van der Waals surface area contributed by atoms with Crippen LogP contribution in [0.15, 0.2) is 28.0 Å². The van der Waals surface area contributed by atoms with Gasteiger partial charge in [-0.1, -0.05) is 97.5 Å². The van der Waals surface area contributed by atoms with Crippen molar-refractivity contribution in [2.24, 2.45) is 0 Å². The lowest BCUT2D eigenvalue weighted by molar-refractivity contribution is 0.627. The minimum Gasteiger partial charge on any atom is -0.126 e. The van der Waals surface area contributed by atoms with Gasteiger partial charge in [-0.05, 0) is 48.5 Å². The second-order valence-corrected chi connectivity index (χ2v) is 9.99. The Balaban J connectivity index is 2.38. The van der Waals surface area contributed by atoms with Crippen LogP contribution in [-0.2, 0) is 6.42 Å². The van der Waals surface area contributed by atoms with Crippen molar-refractivity contribution in [3.63, 3.8) is 0 Å². The monoisotopic (exact) mass is 408 g/mol. The van der Waals surface area contributed by atoms with Gasteiger partial charge in [0.25, 0.3) is 0 Å². The number of unbranched alkanes of at least 4 members (excludes halogenated alkanes) is 10. The van der Waals surface area contributed by atoms with Gasteiger partial charge in [0.05, 0.1) is 0 Å². The fourth-order valence-corrected chi connectivity index (χ4v) is 5.76. The molecule has 0 bridgehead atoms. The molecule has 0 saturated heterocycles. The van der Waals surface area contributed by atoms with E-state index in [2.05, 4.69) is 62.5 Å². The zero-order valence-corrected chi connectivity index (χ0v) is 20.0. The lowest BCUT2D eigenvalue weighted by atomic mass is 10.1. The first-order valence-electron chi connectivity index (χ1n) is 11.7. The first-order valence-corrected chi connectivity index (χ1v) is 13.7. The molecule has 0 spiro atoms. The minimum atomic E-state index is 1.23. The molecule has 0 nitrogen and oxygen atoms in total. The van der Waals surface area contributed by atoms with Gasteiger partial charge < -0.3 is 0 Å². The normalized spacial score (nSPS) is 11.2. The number of hydrogen-bond acceptors (Lipinski definition) is 2. The van der Waals surface area contributed by atoms with E-state index in [1.165, 1.54) is 101 Å². The van der Waals surface area contributed by atoms with E-state index >= 15 is 0 Å². The molecule has 0 atom stereocenters. The molecule has 1 aromatic rings.